The van der Waals surface area contributed by atoms with E-state index in [-0.39, 0.29) is 0 Å². The van der Waals surface area contributed by atoms with Crippen LogP contribution >= 0.6 is 23.2 Å². The predicted octanol–water partition coefficient (Wildman–Crippen LogP) is 5.34. The van der Waals surface area contributed by atoms with Gasteiger partial charge in [0, 0.05) is 11.8 Å². The fourth-order valence-corrected chi connectivity index (χ4v) is 8.42. The second kappa shape index (κ2) is 8.17. The highest BCUT2D eigenvalue weighted by molar-refractivity contribution is 9.10. The largest absolute Gasteiger partial charge is 0.249 e. The van der Waals surface area contributed by atoms with Crippen molar-refractivity contribution in [1.29, 1.82) is 0 Å². The summed E-state index contributed by atoms with van der Waals surface area (Å²) in [7, 11) is -1.87. The summed E-state index contributed by atoms with van der Waals surface area (Å²) in [5, 5.41) is 4.16. The van der Waals surface area contributed by atoms with E-state index in [1.807, 2.05) is 12.3 Å². The standard InChI is InChI=1S/C24H20BrNP/c25-24-20(11-10-18-26-24)19-27(21-12-4-1-5-13-21,22-14-6-2-7-15-22)23-16-8-3-9-17-23/h1-18H,19H2/q+1. The molecule has 0 radical (unpaired) electrons. The number of aromatic nitrogens is 1. The maximum absolute atomic E-state index is 4.48. The van der Waals surface area contributed by atoms with E-state index in [4.69, 9.17) is 0 Å². The third kappa shape index (κ3) is 3.60. The van der Waals surface area contributed by atoms with Crippen LogP contribution in [0.5, 0.6) is 0 Å². The van der Waals surface area contributed by atoms with Crippen LogP contribution in [0.2, 0.25) is 0 Å². The van der Waals surface area contributed by atoms with E-state index >= 15 is 0 Å². The molecule has 1 aromatic heterocycles. The lowest BCUT2D eigenvalue weighted by molar-refractivity contribution is 1.20. The molecule has 3 aromatic carbocycles. The first-order chi connectivity index (χ1) is 13.3. The molecule has 0 bridgehead atoms. The molecule has 0 atom stereocenters. The van der Waals surface area contributed by atoms with Crippen molar-refractivity contribution in [2.24, 2.45) is 0 Å². The zero-order valence-electron chi connectivity index (χ0n) is 14.9. The molecule has 1 nitrogen and oxygen atoms in total. The van der Waals surface area contributed by atoms with Gasteiger partial charge in [0.15, 0.2) is 0 Å². The highest BCUT2D eigenvalue weighted by atomic mass is 79.9. The van der Waals surface area contributed by atoms with Crippen LogP contribution in [0.1, 0.15) is 5.56 Å². The summed E-state index contributed by atoms with van der Waals surface area (Å²) < 4.78 is 0.928. The van der Waals surface area contributed by atoms with E-state index in [1.165, 1.54) is 21.5 Å². The first-order valence-electron chi connectivity index (χ1n) is 8.95. The van der Waals surface area contributed by atoms with E-state index in [0.717, 1.165) is 10.8 Å². The van der Waals surface area contributed by atoms with E-state index in [1.54, 1.807) is 0 Å². The second-order valence-electron chi connectivity index (χ2n) is 6.43. The molecule has 0 unspecified atom stereocenters. The number of rotatable bonds is 5. The molecule has 0 aliphatic rings. The van der Waals surface area contributed by atoms with Gasteiger partial charge in [-0.05, 0) is 58.4 Å². The van der Waals surface area contributed by atoms with Crippen molar-refractivity contribution in [2.45, 2.75) is 6.16 Å². The summed E-state index contributed by atoms with van der Waals surface area (Å²) in [4.78, 5) is 4.48. The number of pyridine rings is 1. The van der Waals surface area contributed by atoms with E-state index < -0.39 is 7.26 Å². The lowest BCUT2D eigenvalue weighted by atomic mass is 10.3. The topological polar surface area (TPSA) is 12.9 Å². The van der Waals surface area contributed by atoms with Crippen LogP contribution < -0.4 is 15.9 Å². The molecule has 27 heavy (non-hydrogen) atoms. The molecule has 3 heteroatoms. The van der Waals surface area contributed by atoms with E-state index in [9.17, 15) is 0 Å². The Labute approximate surface area is 169 Å². The third-order valence-electron chi connectivity index (χ3n) is 4.83. The normalized spacial score (nSPS) is 11.3. The van der Waals surface area contributed by atoms with Crippen LogP contribution in [-0.4, -0.2) is 4.98 Å². The van der Waals surface area contributed by atoms with Crippen LogP contribution in [0.3, 0.4) is 0 Å². The van der Waals surface area contributed by atoms with E-state index in [0.29, 0.717) is 0 Å². The molecule has 0 spiro atoms. The number of benzene rings is 3. The number of hydrogen-bond donors (Lipinski definition) is 0. The average Bonchev–Trinajstić information content (AvgIpc) is 2.75. The Hall–Kier alpha value is -2.28. The van der Waals surface area contributed by atoms with Gasteiger partial charge in [0.1, 0.15) is 33.9 Å². The molecule has 132 valence electrons. The van der Waals surface area contributed by atoms with Gasteiger partial charge in [0.05, 0.1) is 0 Å². The molecule has 0 fully saturated rings. The molecule has 1 heterocycles. The molecule has 0 aliphatic heterocycles. The zero-order chi connectivity index (χ0) is 18.5. The third-order valence-corrected chi connectivity index (χ3v) is 9.90. The van der Waals surface area contributed by atoms with Gasteiger partial charge in [-0.3, -0.25) is 0 Å². The molecule has 0 N–H and O–H groups in total. The van der Waals surface area contributed by atoms with Gasteiger partial charge in [-0.15, -0.1) is 0 Å². The molecular weight excluding hydrogens is 413 g/mol. The highest BCUT2D eigenvalue weighted by Crippen LogP contribution is 2.58. The number of hydrogen-bond acceptors (Lipinski definition) is 1. The minimum Gasteiger partial charge on any atom is -0.249 e. The monoisotopic (exact) mass is 432 g/mol. The Balaban J connectivity index is 2.02. The second-order valence-corrected chi connectivity index (χ2v) is 10.7. The van der Waals surface area contributed by atoms with Crippen LogP contribution in [0, 0.1) is 0 Å². The SMILES string of the molecule is Brc1ncccc1C[P+](c1ccccc1)(c1ccccc1)c1ccccc1. The fourth-order valence-electron chi connectivity index (χ4n) is 3.56. The van der Waals surface area contributed by atoms with Crippen LogP contribution in [0.4, 0.5) is 0 Å². The Morgan fingerprint density at radius 1 is 0.593 bits per heavy atom. The van der Waals surface area contributed by atoms with Gasteiger partial charge in [-0.1, -0.05) is 60.7 Å². The van der Waals surface area contributed by atoms with Crippen molar-refractivity contribution in [1.82, 2.24) is 4.98 Å². The summed E-state index contributed by atoms with van der Waals surface area (Å²) in [6.45, 7) is 0. The van der Waals surface area contributed by atoms with Crippen molar-refractivity contribution in [3.8, 4) is 0 Å². The van der Waals surface area contributed by atoms with E-state index in [2.05, 4.69) is 118 Å². The van der Waals surface area contributed by atoms with Crippen molar-refractivity contribution < 1.29 is 0 Å². The lowest BCUT2D eigenvalue weighted by Gasteiger charge is -2.28. The van der Waals surface area contributed by atoms with Crippen molar-refractivity contribution in [3.05, 3.63) is 119 Å². The van der Waals surface area contributed by atoms with Gasteiger partial charge < -0.3 is 0 Å². The van der Waals surface area contributed by atoms with Gasteiger partial charge in [-0.2, -0.15) is 0 Å². The van der Waals surface area contributed by atoms with Crippen LogP contribution in [0.25, 0.3) is 0 Å². The quantitative estimate of drug-likeness (QED) is 0.306. The molecule has 0 saturated carbocycles. The summed E-state index contributed by atoms with van der Waals surface area (Å²) in [6, 6.07) is 37.0. The van der Waals surface area contributed by atoms with Gasteiger partial charge in [-0.25, -0.2) is 4.98 Å². The zero-order valence-corrected chi connectivity index (χ0v) is 17.4. The minimum absolute atomic E-state index is 0.928. The Morgan fingerprint density at radius 3 is 1.44 bits per heavy atom. The van der Waals surface area contributed by atoms with Crippen molar-refractivity contribution in [3.63, 3.8) is 0 Å². The predicted molar refractivity (Wildman–Crippen MR) is 121 cm³/mol. The Kier molecular flexibility index (Phi) is 5.48. The first kappa shape index (κ1) is 18.1. The molecule has 0 saturated heterocycles. The molecular formula is C24H20BrNP+. The summed E-state index contributed by atoms with van der Waals surface area (Å²) in [5.74, 6) is 0. The molecule has 0 amide bonds. The Bertz CT molecular complexity index is 907. The number of halogens is 1. The molecule has 0 aliphatic carbocycles. The van der Waals surface area contributed by atoms with Gasteiger partial charge in [0.2, 0.25) is 0 Å². The van der Waals surface area contributed by atoms with Crippen molar-refractivity contribution >= 4 is 39.1 Å². The number of nitrogens with zero attached hydrogens (tertiary/aromatic N) is 1. The maximum atomic E-state index is 4.48. The molecule has 4 rings (SSSR count). The van der Waals surface area contributed by atoms with Crippen LogP contribution in [-0.2, 0) is 6.16 Å². The summed E-state index contributed by atoms with van der Waals surface area (Å²) in [5.41, 5.74) is 1.24. The van der Waals surface area contributed by atoms with Crippen LogP contribution in [0.15, 0.2) is 114 Å². The first-order valence-corrected chi connectivity index (χ1v) is 11.7. The highest BCUT2D eigenvalue weighted by Gasteiger charge is 2.45. The smallest absolute Gasteiger partial charge is 0.116 e. The fraction of sp³-hybridized carbons (Fsp3) is 0.0417. The van der Waals surface area contributed by atoms with Gasteiger partial charge >= 0.3 is 0 Å². The maximum Gasteiger partial charge on any atom is 0.116 e. The van der Waals surface area contributed by atoms with Crippen molar-refractivity contribution in [2.75, 3.05) is 0 Å². The lowest BCUT2D eigenvalue weighted by Crippen LogP contribution is -2.32. The minimum atomic E-state index is -1.87. The Morgan fingerprint density at radius 2 is 1.04 bits per heavy atom. The average molecular weight is 433 g/mol. The summed E-state index contributed by atoms with van der Waals surface area (Å²) >= 11 is 3.67. The molecule has 4 aromatic rings. The van der Waals surface area contributed by atoms with Gasteiger partial charge in [0.25, 0.3) is 0 Å². The summed E-state index contributed by atoms with van der Waals surface area (Å²) in [6.07, 6.45) is 2.76.